The van der Waals surface area contributed by atoms with Crippen molar-refractivity contribution in [3.05, 3.63) is 107 Å². The molecule has 0 bridgehead atoms. The number of amides is 2. The summed E-state index contributed by atoms with van der Waals surface area (Å²) in [6, 6.07) is 25.8. The molecule has 0 fully saturated rings. The van der Waals surface area contributed by atoms with Crippen LogP contribution < -0.4 is 22.3 Å². The van der Waals surface area contributed by atoms with Crippen molar-refractivity contribution in [1.82, 2.24) is 10.8 Å². The van der Waals surface area contributed by atoms with Gasteiger partial charge in [-0.25, -0.2) is 4.79 Å². The first-order chi connectivity index (χ1) is 19.9. The van der Waals surface area contributed by atoms with Gasteiger partial charge >= 0.3 is 5.97 Å². The van der Waals surface area contributed by atoms with Crippen LogP contribution in [-0.4, -0.2) is 36.4 Å². The number of hydroxylamine groups is 1. The lowest BCUT2D eigenvalue weighted by Crippen LogP contribution is -2.51. The zero-order valence-corrected chi connectivity index (χ0v) is 23.6. The summed E-state index contributed by atoms with van der Waals surface area (Å²) in [6.45, 7) is 0.524. The van der Waals surface area contributed by atoms with E-state index in [2.05, 4.69) is 35.1 Å². The predicted molar refractivity (Wildman–Crippen MR) is 160 cm³/mol. The quantitative estimate of drug-likeness (QED) is 0.157. The number of benzene rings is 3. The molecule has 41 heavy (non-hydrogen) atoms. The van der Waals surface area contributed by atoms with E-state index in [4.69, 9.17) is 16.3 Å². The minimum atomic E-state index is -1.01. The Balaban J connectivity index is 1.45. The molecule has 8 heteroatoms. The zero-order chi connectivity index (χ0) is 29.3. The van der Waals surface area contributed by atoms with Gasteiger partial charge in [0, 0.05) is 6.42 Å². The van der Waals surface area contributed by atoms with Gasteiger partial charge in [0.05, 0.1) is 12.5 Å². The van der Waals surface area contributed by atoms with Gasteiger partial charge in [-0.3, -0.25) is 9.59 Å². The molecule has 0 saturated carbocycles. The minimum absolute atomic E-state index is 0.0588. The molecule has 0 spiro atoms. The summed E-state index contributed by atoms with van der Waals surface area (Å²) < 4.78 is 0. The number of nitrogens with one attached hydrogen (secondary N) is 2. The number of rotatable bonds is 16. The van der Waals surface area contributed by atoms with Crippen LogP contribution in [0.2, 0.25) is 0 Å². The Morgan fingerprint density at radius 1 is 0.707 bits per heavy atom. The topological polar surface area (TPSA) is 137 Å². The number of unbranched alkanes of at least 4 members (excludes halogenated alkanes) is 2. The first kappa shape index (κ1) is 31.5. The van der Waals surface area contributed by atoms with E-state index in [-0.39, 0.29) is 12.8 Å². The summed E-state index contributed by atoms with van der Waals surface area (Å²) in [4.78, 5) is 43.1. The van der Waals surface area contributed by atoms with E-state index < -0.39 is 29.9 Å². The first-order valence-corrected chi connectivity index (χ1v) is 14.4. The van der Waals surface area contributed by atoms with Crippen LogP contribution in [0.1, 0.15) is 54.4 Å². The van der Waals surface area contributed by atoms with E-state index in [0.717, 1.165) is 43.2 Å². The average Bonchev–Trinajstić information content (AvgIpc) is 2.99. The van der Waals surface area contributed by atoms with Crippen LogP contribution in [0, 0.1) is 0 Å². The monoisotopic (exact) mass is 558 g/mol. The maximum Gasteiger partial charge on any atom is 0.354 e. The smallest absolute Gasteiger partial charge is 0.341 e. The summed E-state index contributed by atoms with van der Waals surface area (Å²) >= 11 is 0. The van der Waals surface area contributed by atoms with Crippen LogP contribution in [0.25, 0.3) is 0 Å². The lowest BCUT2D eigenvalue weighted by molar-refractivity contribution is -0.160. The number of hydrogen-bond donors (Lipinski definition) is 4. The largest absolute Gasteiger partial charge is 0.354 e. The van der Waals surface area contributed by atoms with Gasteiger partial charge in [0.2, 0.25) is 5.91 Å². The van der Waals surface area contributed by atoms with Crippen molar-refractivity contribution in [1.29, 1.82) is 0 Å². The van der Waals surface area contributed by atoms with Crippen LogP contribution >= 0.6 is 0 Å². The second kappa shape index (κ2) is 17.6. The molecule has 0 aliphatic carbocycles. The third kappa shape index (κ3) is 11.9. The van der Waals surface area contributed by atoms with Crippen LogP contribution in [0.15, 0.2) is 84.9 Å². The molecule has 0 aromatic heterocycles. The van der Waals surface area contributed by atoms with Crippen LogP contribution in [-0.2, 0) is 44.9 Å². The Morgan fingerprint density at radius 3 is 1.88 bits per heavy atom. The van der Waals surface area contributed by atoms with Gasteiger partial charge < -0.3 is 21.6 Å². The van der Waals surface area contributed by atoms with Gasteiger partial charge in [0.1, 0.15) is 6.04 Å². The van der Waals surface area contributed by atoms with E-state index in [1.165, 1.54) is 11.1 Å². The Bertz CT molecular complexity index is 1200. The molecular formula is C33H42N4O4. The summed E-state index contributed by atoms with van der Waals surface area (Å²) in [5.41, 5.74) is 18.0. The molecule has 6 N–H and O–H groups in total. The van der Waals surface area contributed by atoms with E-state index in [9.17, 15) is 14.4 Å². The highest BCUT2D eigenvalue weighted by Gasteiger charge is 2.26. The van der Waals surface area contributed by atoms with E-state index in [1.807, 2.05) is 60.7 Å². The summed E-state index contributed by atoms with van der Waals surface area (Å²) in [5, 5.41) is 2.68. The third-order valence-corrected chi connectivity index (χ3v) is 6.87. The SMILES string of the molecule is NCCCC[C@H](N)C(=O)N[C@@H](Cc1ccccc1)C(=O)ONC(=O)Cc1ccc(CCCCc2ccccc2)cc1. The second-order valence-corrected chi connectivity index (χ2v) is 10.3. The van der Waals surface area contributed by atoms with Crippen molar-refractivity contribution >= 4 is 17.8 Å². The maximum atomic E-state index is 12.9. The van der Waals surface area contributed by atoms with Gasteiger partial charge in [0.25, 0.3) is 5.91 Å². The van der Waals surface area contributed by atoms with Crippen LogP contribution in [0.5, 0.6) is 0 Å². The third-order valence-electron chi connectivity index (χ3n) is 6.87. The van der Waals surface area contributed by atoms with E-state index in [1.54, 1.807) is 0 Å². The van der Waals surface area contributed by atoms with Crippen molar-refractivity contribution in [2.75, 3.05) is 6.54 Å². The molecule has 0 unspecified atom stereocenters. The van der Waals surface area contributed by atoms with E-state index in [0.29, 0.717) is 19.4 Å². The Hall–Kier alpha value is -4.01. The van der Waals surface area contributed by atoms with Crippen molar-refractivity contribution in [2.24, 2.45) is 11.5 Å². The average molecular weight is 559 g/mol. The molecule has 2 atom stereocenters. The number of hydrogen-bond acceptors (Lipinski definition) is 6. The Morgan fingerprint density at radius 2 is 1.27 bits per heavy atom. The van der Waals surface area contributed by atoms with Gasteiger partial charge in [0.15, 0.2) is 0 Å². The molecule has 0 saturated heterocycles. The molecule has 3 aromatic rings. The highest BCUT2D eigenvalue weighted by atomic mass is 16.7. The predicted octanol–water partition coefficient (Wildman–Crippen LogP) is 3.55. The first-order valence-electron chi connectivity index (χ1n) is 14.4. The van der Waals surface area contributed by atoms with Gasteiger partial charge in [-0.1, -0.05) is 91.3 Å². The maximum absolute atomic E-state index is 12.9. The van der Waals surface area contributed by atoms with Crippen molar-refractivity contribution in [2.45, 2.75) is 69.9 Å². The molecule has 0 radical (unpaired) electrons. The number of aryl methyl sites for hydroxylation is 2. The highest BCUT2D eigenvalue weighted by molar-refractivity contribution is 5.88. The lowest BCUT2D eigenvalue weighted by atomic mass is 10.0. The normalized spacial score (nSPS) is 12.2. The fourth-order valence-electron chi connectivity index (χ4n) is 4.49. The molecule has 8 nitrogen and oxygen atoms in total. The Kier molecular flexibility index (Phi) is 13.6. The van der Waals surface area contributed by atoms with Crippen molar-refractivity contribution < 1.29 is 19.2 Å². The fourth-order valence-corrected chi connectivity index (χ4v) is 4.49. The summed E-state index contributed by atoms with van der Waals surface area (Å²) in [5.74, 6) is -1.68. The molecule has 0 aliphatic heterocycles. The van der Waals surface area contributed by atoms with E-state index >= 15 is 0 Å². The molecule has 3 rings (SSSR count). The van der Waals surface area contributed by atoms with Crippen molar-refractivity contribution in [3.8, 4) is 0 Å². The molecular weight excluding hydrogens is 516 g/mol. The molecule has 218 valence electrons. The summed E-state index contributed by atoms with van der Waals surface area (Å²) in [7, 11) is 0. The summed E-state index contributed by atoms with van der Waals surface area (Å²) in [6.07, 6.45) is 6.43. The minimum Gasteiger partial charge on any atom is -0.341 e. The molecule has 2 amide bonds. The Labute approximate surface area is 242 Å². The van der Waals surface area contributed by atoms with Gasteiger partial charge in [-0.15, -0.1) is 0 Å². The van der Waals surface area contributed by atoms with Crippen LogP contribution in [0.3, 0.4) is 0 Å². The molecule has 0 heterocycles. The number of carbonyl (C=O) groups excluding carboxylic acids is 3. The number of nitrogens with two attached hydrogens (primary N) is 2. The van der Waals surface area contributed by atoms with Gasteiger partial charge in [-0.2, -0.15) is 5.48 Å². The highest BCUT2D eigenvalue weighted by Crippen LogP contribution is 2.11. The fraction of sp³-hybridized carbons (Fsp3) is 0.364. The lowest BCUT2D eigenvalue weighted by Gasteiger charge is -2.20. The van der Waals surface area contributed by atoms with Crippen molar-refractivity contribution in [3.63, 3.8) is 0 Å². The second-order valence-electron chi connectivity index (χ2n) is 10.3. The van der Waals surface area contributed by atoms with Gasteiger partial charge in [-0.05, 0) is 67.3 Å². The standard InChI is InChI=1S/C33H42N4O4/c34-22-10-9-17-29(35)32(39)36-30(23-27-15-5-2-6-16-27)33(40)41-37-31(38)24-28-20-18-26(19-21-28)14-8-7-13-25-11-3-1-4-12-25/h1-6,11-12,15-16,18-21,29-30H,7-10,13-14,17,22-24,34-35H2,(H,36,39)(H,37,38)/t29-,30-/m0/s1. The van der Waals surface area contributed by atoms with Crippen LogP contribution in [0.4, 0.5) is 0 Å². The zero-order valence-electron chi connectivity index (χ0n) is 23.6. The number of carbonyl (C=O) groups is 3. The molecule has 3 aromatic carbocycles. The molecule has 0 aliphatic rings.